The van der Waals surface area contributed by atoms with Gasteiger partial charge in [0.25, 0.3) is 0 Å². The summed E-state index contributed by atoms with van der Waals surface area (Å²) in [6.07, 6.45) is -0.761. The molecule has 0 saturated heterocycles. The monoisotopic (exact) mass is 402 g/mol. The van der Waals surface area contributed by atoms with Crippen LogP contribution in [-0.2, 0) is 14.3 Å². The molecule has 2 rings (SSSR count). The van der Waals surface area contributed by atoms with Crippen molar-refractivity contribution in [3.63, 3.8) is 0 Å². The number of ketones is 2. The van der Waals surface area contributed by atoms with Crippen molar-refractivity contribution in [2.24, 2.45) is 0 Å². The van der Waals surface area contributed by atoms with E-state index in [2.05, 4.69) is 10.6 Å². The number of allylic oxidation sites excluding steroid dienone is 1. The molecule has 8 heteroatoms. The first kappa shape index (κ1) is 22.3. The molecule has 1 aromatic rings. The second kappa shape index (κ2) is 9.00. The molecule has 1 aliphatic rings. The van der Waals surface area contributed by atoms with Gasteiger partial charge in [0.15, 0.2) is 11.6 Å². The number of nitrogens with one attached hydrogen (secondary N) is 2. The van der Waals surface area contributed by atoms with E-state index in [1.54, 1.807) is 52.0 Å². The van der Waals surface area contributed by atoms with E-state index in [-0.39, 0.29) is 35.9 Å². The molecule has 0 radical (unpaired) electrons. The zero-order valence-corrected chi connectivity index (χ0v) is 17.3. The standard InChI is InChI=1S/C21H26N2O6/c1-12-15(18(25)14-9-7-6-8-13(14)17(12)24)10-22-19(26)16(11-28-5)23-20(27)29-21(2,3)4/h6-9,16H,10-11H2,1-5H3,(H,22,26)(H,23,27). The summed E-state index contributed by atoms with van der Waals surface area (Å²) in [5.41, 5.74) is 0.456. The number of fused-ring (bicyclic) bond motifs is 1. The number of hydrogen-bond acceptors (Lipinski definition) is 6. The van der Waals surface area contributed by atoms with Crippen LogP contribution < -0.4 is 10.6 Å². The maximum Gasteiger partial charge on any atom is 0.408 e. The Hall–Kier alpha value is -3.00. The van der Waals surface area contributed by atoms with Crippen LogP contribution in [0, 0.1) is 0 Å². The molecule has 2 N–H and O–H groups in total. The van der Waals surface area contributed by atoms with Crippen molar-refractivity contribution < 1.29 is 28.7 Å². The Morgan fingerprint density at radius 1 is 1.07 bits per heavy atom. The summed E-state index contributed by atoms with van der Waals surface area (Å²) >= 11 is 0. The van der Waals surface area contributed by atoms with E-state index in [0.717, 1.165) is 0 Å². The van der Waals surface area contributed by atoms with E-state index in [1.807, 2.05) is 0 Å². The molecule has 1 aliphatic carbocycles. The van der Waals surface area contributed by atoms with E-state index in [9.17, 15) is 19.2 Å². The molecule has 0 bridgehead atoms. The molecule has 0 aliphatic heterocycles. The highest BCUT2D eigenvalue weighted by Crippen LogP contribution is 2.25. The van der Waals surface area contributed by atoms with Crippen LogP contribution in [-0.4, -0.2) is 55.5 Å². The lowest BCUT2D eigenvalue weighted by molar-refractivity contribution is -0.124. The average molecular weight is 402 g/mol. The molecule has 1 atom stereocenters. The number of ether oxygens (including phenoxy) is 2. The van der Waals surface area contributed by atoms with Gasteiger partial charge in [-0.15, -0.1) is 0 Å². The van der Waals surface area contributed by atoms with Crippen LogP contribution in [0.5, 0.6) is 0 Å². The van der Waals surface area contributed by atoms with Crippen molar-refractivity contribution in [1.29, 1.82) is 0 Å². The molecule has 156 valence electrons. The lowest BCUT2D eigenvalue weighted by Gasteiger charge is -2.23. The zero-order valence-electron chi connectivity index (χ0n) is 17.3. The number of benzene rings is 1. The molecular weight excluding hydrogens is 376 g/mol. The minimum Gasteiger partial charge on any atom is -0.444 e. The Balaban J connectivity index is 2.09. The van der Waals surface area contributed by atoms with Gasteiger partial charge in [-0.25, -0.2) is 4.79 Å². The predicted molar refractivity (Wildman–Crippen MR) is 106 cm³/mol. The zero-order chi connectivity index (χ0) is 21.8. The fraction of sp³-hybridized carbons (Fsp3) is 0.429. The van der Waals surface area contributed by atoms with E-state index >= 15 is 0 Å². The molecule has 0 saturated carbocycles. The predicted octanol–water partition coefficient (Wildman–Crippen LogP) is 2.04. The largest absolute Gasteiger partial charge is 0.444 e. The highest BCUT2D eigenvalue weighted by molar-refractivity contribution is 6.26. The highest BCUT2D eigenvalue weighted by Gasteiger charge is 2.30. The lowest BCUT2D eigenvalue weighted by atomic mass is 9.84. The maximum atomic E-state index is 12.7. The van der Waals surface area contributed by atoms with Gasteiger partial charge in [-0.1, -0.05) is 24.3 Å². The fourth-order valence-corrected chi connectivity index (χ4v) is 2.86. The summed E-state index contributed by atoms with van der Waals surface area (Å²) in [5, 5.41) is 5.04. The summed E-state index contributed by atoms with van der Waals surface area (Å²) in [7, 11) is 1.39. The molecule has 2 amide bonds. The highest BCUT2D eigenvalue weighted by atomic mass is 16.6. The SMILES string of the molecule is COCC(NC(=O)OC(C)(C)C)C(=O)NCC1=C(C)C(=O)c2ccccc2C1=O. The van der Waals surface area contributed by atoms with Gasteiger partial charge in [0.1, 0.15) is 11.6 Å². The molecule has 0 spiro atoms. The number of methoxy groups -OCH3 is 1. The van der Waals surface area contributed by atoms with E-state index in [0.29, 0.717) is 11.1 Å². The second-order valence-corrected chi connectivity index (χ2v) is 7.68. The molecule has 29 heavy (non-hydrogen) atoms. The third-order valence-corrected chi connectivity index (χ3v) is 4.26. The average Bonchev–Trinajstić information content (AvgIpc) is 2.64. The van der Waals surface area contributed by atoms with Crippen LogP contribution >= 0.6 is 0 Å². The maximum absolute atomic E-state index is 12.7. The third-order valence-electron chi connectivity index (χ3n) is 4.26. The quantitative estimate of drug-likeness (QED) is 0.753. The summed E-state index contributed by atoms with van der Waals surface area (Å²) < 4.78 is 10.1. The Morgan fingerprint density at radius 2 is 1.66 bits per heavy atom. The Labute approximate surface area is 169 Å². The van der Waals surface area contributed by atoms with Crippen LogP contribution in [0.1, 0.15) is 48.4 Å². The van der Waals surface area contributed by atoms with Gasteiger partial charge < -0.3 is 20.1 Å². The smallest absolute Gasteiger partial charge is 0.408 e. The van der Waals surface area contributed by atoms with Crippen molar-refractivity contribution in [3.8, 4) is 0 Å². The van der Waals surface area contributed by atoms with Crippen LogP contribution in [0.3, 0.4) is 0 Å². The summed E-state index contributed by atoms with van der Waals surface area (Å²) in [6.45, 7) is 6.45. The molecule has 1 aromatic carbocycles. The van der Waals surface area contributed by atoms with Gasteiger partial charge in [-0.3, -0.25) is 14.4 Å². The number of alkyl carbamates (subject to hydrolysis) is 1. The number of hydrogen-bond donors (Lipinski definition) is 2. The van der Waals surface area contributed by atoms with E-state index < -0.39 is 23.6 Å². The topological polar surface area (TPSA) is 111 Å². The normalized spacial score (nSPS) is 14.9. The van der Waals surface area contributed by atoms with Crippen LogP contribution in [0.4, 0.5) is 4.79 Å². The summed E-state index contributed by atoms with van der Waals surface area (Å²) in [5.74, 6) is -1.11. The minimum absolute atomic E-state index is 0.0845. The van der Waals surface area contributed by atoms with Gasteiger partial charge in [0, 0.05) is 35.9 Å². The summed E-state index contributed by atoms with van der Waals surface area (Å²) in [4.78, 5) is 49.8. The van der Waals surface area contributed by atoms with Gasteiger partial charge in [0.05, 0.1) is 6.61 Å². The second-order valence-electron chi connectivity index (χ2n) is 7.68. The fourth-order valence-electron chi connectivity index (χ4n) is 2.86. The van der Waals surface area contributed by atoms with Crippen LogP contribution in [0.2, 0.25) is 0 Å². The Kier molecular flexibility index (Phi) is 6.92. The molecule has 0 fully saturated rings. The van der Waals surface area contributed by atoms with Crippen LogP contribution in [0.15, 0.2) is 35.4 Å². The molecule has 1 unspecified atom stereocenters. The van der Waals surface area contributed by atoms with Crippen molar-refractivity contribution in [3.05, 3.63) is 46.5 Å². The van der Waals surface area contributed by atoms with E-state index in [4.69, 9.17) is 9.47 Å². The number of carbonyl (C=O) groups is 4. The number of Topliss-reactive ketones (excluding diaryl/α,β-unsaturated/α-hetero) is 2. The molecule has 0 aromatic heterocycles. The lowest BCUT2D eigenvalue weighted by Crippen LogP contribution is -2.51. The van der Waals surface area contributed by atoms with Gasteiger partial charge in [-0.05, 0) is 27.7 Å². The first-order valence-electron chi connectivity index (χ1n) is 9.19. The number of rotatable bonds is 6. The van der Waals surface area contributed by atoms with Crippen LogP contribution in [0.25, 0.3) is 0 Å². The summed E-state index contributed by atoms with van der Waals surface area (Å²) in [6, 6.07) is 5.55. The van der Waals surface area contributed by atoms with Gasteiger partial charge in [-0.2, -0.15) is 0 Å². The van der Waals surface area contributed by atoms with Crippen molar-refractivity contribution in [1.82, 2.24) is 10.6 Å². The van der Waals surface area contributed by atoms with Gasteiger partial charge in [0.2, 0.25) is 5.91 Å². The first-order valence-corrected chi connectivity index (χ1v) is 9.19. The Bertz CT molecular complexity index is 866. The number of carbonyl (C=O) groups excluding carboxylic acids is 4. The number of amides is 2. The van der Waals surface area contributed by atoms with Crippen molar-refractivity contribution >= 4 is 23.6 Å². The van der Waals surface area contributed by atoms with E-state index in [1.165, 1.54) is 7.11 Å². The van der Waals surface area contributed by atoms with Crippen molar-refractivity contribution in [2.45, 2.75) is 39.3 Å². The minimum atomic E-state index is -1.02. The van der Waals surface area contributed by atoms with Gasteiger partial charge >= 0.3 is 6.09 Å². The molecular formula is C21H26N2O6. The molecule has 8 nitrogen and oxygen atoms in total. The van der Waals surface area contributed by atoms with Crippen molar-refractivity contribution in [2.75, 3.05) is 20.3 Å². The first-order chi connectivity index (χ1) is 13.5. The molecule has 0 heterocycles. The third kappa shape index (κ3) is 5.51. The Morgan fingerprint density at radius 3 is 2.21 bits per heavy atom.